The van der Waals surface area contributed by atoms with Gasteiger partial charge in [-0.25, -0.2) is 0 Å². The lowest BCUT2D eigenvalue weighted by molar-refractivity contribution is -0.149. The molecule has 0 saturated heterocycles. The smallest absolute Gasteiger partial charge is 0.321 e. The minimum atomic E-state index is -1.07. The molecule has 0 aromatic heterocycles. The van der Waals surface area contributed by atoms with Crippen LogP contribution in [-0.2, 0) is 9.59 Å². The van der Waals surface area contributed by atoms with E-state index in [0.717, 1.165) is 12.8 Å². The molecule has 0 aliphatic carbocycles. The number of aliphatic carboxylic acids is 2. The number of hydrogen-bond donors (Lipinski definition) is 2. The maximum Gasteiger partial charge on any atom is 0.321 e. The predicted octanol–water partition coefficient (Wildman–Crippen LogP) is 2.99. The molecule has 5 nitrogen and oxygen atoms in total. The summed E-state index contributed by atoms with van der Waals surface area (Å²) in [5, 5.41) is 17.7. The molecule has 118 valence electrons. The van der Waals surface area contributed by atoms with E-state index in [0.29, 0.717) is 6.54 Å². The van der Waals surface area contributed by atoms with Crippen molar-refractivity contribution in [3.63, 3.8) is 0 Å². The zero-order chi connectivity index (χ0) is 15.4. The summed E-state index contributed by atoms with van der Waals surface area (Å²) in [7, 11) is 1.68. The fourth-order valence-corrected chi connectivity index (χ4v) is 2.25. The molecule has 2 N–H and O–H groups in total. The van der Waals surface area contributed by atoms with Gasteiger partial charge in [-0.2, -0.15) is 0 Å². The number of carboxylic acids is 2. The van der Waals surface area contributed by atoms with Crippen molar-refractivity contribution in [1.82, 2.24) is 4.90 Å². The van der Waals surface area contributed by atoms with Gasteiger partial charge in [0.2, 0.25) is 0 Å². The Morgan fingerprint density at radius 3 is 1.90 bits per heavy atom. The fraction of sp³-hybridized carbons (Fsp3) is 0.867. The maximum absolute atomic E-state index is 11.0. The van der Waals surface area contributed by atoms with Gasteiger partial charge in [0.05, 0.1) is 6.42 Å². The predicted molar refractivity (Wildman–Crippen MR) is 78.9 cm³/mol. The highest BCUT2D eigenvalue weighted by molar-refractivity contribution is 5.80. The van der Waals surface area contributed by atoms with Gasteiger partial charge in [-0.15, -0.1) is 0 Å². The zero-order valence-corrected chi connectivity index (χ0v) is 12.8. The van der Waals surface area contributed by atoms with E-state index < -0.39 is 18.0 Å². The van der Waals surface area contributed by atoms with E-state index in [1.165, 1.54) is 38.5 Å². The summed E-state index contributed by atoms with van der Waals surface area (Å²) in [6.45, 7) is 2.84. The van der Waals surface area contributed by atoms with Crippen LogP contribution in [0.2, 0.25) is 0 Å². The van der Waals surface area contributed by atoms with Crippen molar-refractivity contribution in [3.8, 4) is 0 Å². The van der Waals surface area contributed by atoms with Crippen LogP contribution >= 0.6 is 0 Å². The Hall–Kier alpha value is -1.10. The first-order valence-electron chi connectivity index (χ1n) is 7.63. The fourth-order valence-electron chi connectivity index (χ4n) is 2.25. The van der Waals surface area contributed by atoms with Crippen LogP contribution in [0.3, 0.4) is 0 Å². The van der Waals surface area contributed by atoms with Gasteiger partial charge in [0, 0.05) is 0 Å². The molecule has 0 bridgehead atoms. The molecule has 0 heterocycles. The molecule has 1 atom stereocenters. The van der Waals surface area contributed by atoms with Crippen molar-refractivity contribution in [2.45, 2.75) is 70.8 Å². The first-order chi connectivity index (χ1) is 9.49. The maximum atomic E-state index is 11.0. The van der Waals surface area contributed by atoms with Gasteiger partial charge >= 0.3 is 11.9 Å². The Bertz CT molecular complexity index is 281. The van der Waals surface area contributed by atoms with Crippen LogP contribution in [0.15, 0.2) is 0 Å². The van der Waals surface area contributed by atoms with E-state index in [9.17, 15) is 9.59 Å². The van der Waals surface area contributed by atoms with Crippen LogP contribution in [0.25, 0.3) is 0 Å². The Kier molecular flexibility index (Phi) is 11.1. The van der Waals surface area contributed by atoms with E-state index in [4.69, 9.17) is 10.2 Å². The van der Waals surface area contributed by atoms with Gasteiger partial charge in [-0.3, -0.25) is 14.5 Å². The molecule has 0 saturated carbocycles. The molecular formula is C15H29NO4. The van der Waals surface area contributed by atoms with Crippen molar-refractivity contribution in [2.75, 3.05) is 13.6 Å². The Balaban J connectivity index is 3.71. The molecule has 0 aliphatic rings. The van der Waals surface area contributed by atoms with Crippen LogP contribution in [0.1, 0.15) is 64.7 Å². The van der Waals surface area contributed by atoms with Crippen molar-refractivity contribution < 1.29 is 19.8 Å². The minimum Gasteiger partial charge on any atom is -0.481 e. The van der Waals surface area contributed by atoms with Gasteiger partial charge in [0.25, 0.3) is 0 Å². The third-order valence-electron chi connectivity index (χ3n) is 3.55. The third-order valence-corrected chi connectivity index (χ3v) is 3.55. The van der Waals surface area contributed by atoms with Gasteiger partial charge < -0.3 is 10.2 Å². The SMILES string of the molecule is CCCCCCCCCCN(C)[C@@H](CC(=O)O)C(=O)O. The molecule has 5 heteroatoms. The zero-order valence-electron chi connectivity index (χ0n) is 12.8. The second kappa shape index (κ2) is 11.7. The number of likely N-dealkylation sites (N-methyl/N-ethyl adjacent to an activating group) is 1. The lowest BCUT2D eigenvalue weighted by Gasteiger charge is -2.23. The number of carbonyl (C=O) groups is 2. The van der Waals surface area contributed by atoms with E-state index >= 15 is 0 Å². The molecule has 0 unspecified atom stereocenters. The summed E-state index contributed by atoms with van der Waals surface area (Å²) in [5.41, 5.74) is 0. The van der Waals surface area contributed by atoms with Crippen LogP contribution in [0.5, 0.6) is 0 Å². The van der Waals surface area contributed by atoms with Crippen LogP contribution in [0.4, 0.5) is 0 Å². The molecule has 0 radical (unpaired) electrons. The average Bonchev–Trinajstić information content (AvgIpc) is 2.38. The van der Waals surface area contributed by atoms with Gasteiger partial charge in [0.1, 0.15) is 6.04 Å². The summed E-state index contributed by atoms with van der Waals surface area (Å²) in [6, 6.07) is -0.919. The summed E-state index contributed by atoms with van der Waals surface area (Å²) in [6.07, 6.45) is 9.21. The minimum absolute atomic E-state index is 0.344. The molecule has 0 amide bonds. The number of hydrogen-bond acceptors (Lipinski definition) is 3. The second-order valence-electron chi connectivity index (χ2n) is 5.41. The van der Waals surface area contributed by atoms with Crippen molar-refractivity contribution in [2.24, 2.45) is 0 Å². The first-order valence-corrected chi connectivity index (χ1v) is 7.63. The number of rotatable bonds is 13. The highest BCUT2D eigenvalue weighted by atomic mass is 16.4. The summed E-state index contributed by atoms with van der Waals surface area (Å²) >= 11 is 0. The molecule has 0 aromatic carbocycles. The largest absolute Gasteiger partial charge is 0.481 e. The summed E-state index contributed by atoms with van der Waals surface area (Å²) < 4.78 is 0. The normalized spacial score (nSPS) is 12.6. The molecular weight excluding hydrogens is 258 g/mol. The summed E-state index contributed by atoms with van der Waals surface area (Å²) in [5.74, 6) is -2.13. The Morgan fingerprint density at radius 2 is 1.45 bits per heavy atom. The number of nitrogens with zero attached hydrogens (tertiary/aromatic N) is 1. The van der Waals surface area contributed by atoms with Crippen LogP contribution in [0, 0.1) is 0 Å². The van der Waals surface area contributed by atoms with Crippen LogP contribution in [-0.4, -0.2) is 46.7 Å². The molecule has 0 fully saturated rings. The molecule has 0 spiro atoms. The van der Waals surface area contributed by atoms with Gasteiger partial charge in [0.15, 0.2) is 0 Å². The lowest BCUT2D eigenvalue weighted by Crippen LogP contribution is -2.40. The topological polar surface area (TPSA) is 77.8 Å². The molecule has 20 heavy (non-hydrogen) atoms. The van der Waals surface area contributed by atoms with E-state index in [2.05, 4.69) is 6.92 Å². The summed E-state index contributed by atoms with van der Waals surface area (Å²) in [4.78, 5) is 23.3. The van der Waals surface area contributed by atoms with Crippen LogP contribution < -0.4 is 0 Å². The number of unbranched alkanes of at least 4 members (excludes halogenated alkanes) is 7. The first kappa shape index (κ1) is 18.9. The van der Waals surface area contributed by atoms with Crippen molar-refractivity contribution >= 4 is 11.9 Å². The van der Waals surface area contributed by atoms with Crippen molar-refractivity contribution in [3.05, 3.63) is 0 Å². The monoisotopic (exact) mass is 287 g/mol. The average molecular weight is 287 g/mol. The van der Waals surface area contributed by atoms with E-state index in [-0.39, 0.29) is 6.42 Å². The van der Waals surface area contributed by atoms with Gasteiger partial charge in [-0.05, 0) is 20.0 Å². The third kappa shape index (κ3) is 9.78. The highest BCUT2D eigenvalue weighted by Crippen LogP contribution is 2.10. The molecule has 0 rings (SSSR count). The Morgan fingerprint density at radius 1 is 0.950 bits per heavy atom. The van der Waals surface area contributed by atoms with E-state index in [1.54, 1.807) is 11.9 Å². The van der Waals surface area contributed by atoms with Gasteiger partial charge in [-0.1, -0.05) is 51.9 Å². The molecule has 0 aromatic rings. The lowest BCUT2D eigenvalue weighted by atomic mass is 10.1. The quantitative estimate of drug-likeness (QED) is 0.509. The Labute approximate surface area is 122 Å². The molecule has 0 aliphatic heterocycles. The van der Waals surface area contributed by atoms with Crippen molar-refractivity contribution in [1.29, 1.82) is 0 Å². The highest BCUT2D eigenvalue weighted by Gasteiger charge is 2.24. The second-order valence-corrected chi connectivity index (χ2v) is 5.41. The standard InChI is InChI=1S/C15H29NO4/c1-3-4-5-6-7-8-9-10-11-16(2)13(15(19)20)12-14(17)18/h13H,3-12H2,1-2H3,(H,17,18)(H,19,20)/t13-/m0/s1. The number of carboxylic acid groups (broad SMARTS) is 2. The van der Waals surface area contributed by atoms with E-state index in [1.807, 2.05) is 0 Å².